The number of esters is 1. The molecule has 0 atom stereocenters. The molecule has 0 aromatic heterocycles. The number of nitrogens with one attached hydrogen (secondary N) is 1. The number of carbonyl (C=O) groups excluding carboxylic acids is 2. The lowest BCUT2D eigenvalue weighted by Crippen LogP contribution is -2.35. The summed E-state index contributed by atoms with van der Waals surface area (Å²) in [5, 5.41) is 3.10. The van der Waals surface area contributed by atoms with Gasteiger partial charge in [0.2, 0.25) is 0 Å². The van der Waals surface area contributed by atoms with Gasteiger partial charge in [0, 0.05) is 25.3 Å². The number of anilines is 2. The Balaban J connectivity index is 2.01. The molecule has 1 aromatic carbocycles. The average Bonchev–Trinajstić information content (AvgIpc) is 2.43. The van der Waals surface area contributed by atoms with Gasteiger partial charge in [-0.3, -0.25) is 9.59 Å². The van der Waals surface area contributed by atoms with Crippen LogP contribution in [0, 0.1) is 0 Å². The first kappa shape index (κ1) is 13.2. The molecule has 1 aliphatic rings. The second-order valence-electron chi connectivity index (χ2n) is 4.18. The highest BCUT2D eigenvalue weighted by atomic mass is 16.5. The van der Waals surface area contributed by atoms with E-state index in [0.717, 1.165) is 11.4 Å². The lowest BCUT2D eigenvalue weighted by molar-refractivity contribution is -0.140. The summed E-state index contributed by atoms with van der Waals surface area (Å²) in [7, 11) is 3.08. The fourth-order valence-corrected chi connectivity index (χ4v) is 1.80. The van der Waals surface area contributed by atoms with Crippen LogP contribution >= 0.6 is 0 Å². The highest BCUT2D eigenvalue weighted by Gasteiger charge is 2.22. The maximum atomic E-state index is 11.5. The molecule has 0 unspecified atom stereocenters. The lowest BCUT2D eigenvalue weighted by Gasteiger charge is -2.26. The predicted octanol–water partition coefficient (Wildman–Crippen LogP) is 1.02. The number of methoxy groups -OCH3 is 1. The maximum absolute atomic E-state index is 11.5. The number of ether oxygens (including phenoxy) is 2. The summed E-state index contributed by atoms with van der Waals surface area (Å²) in [6.45, 7) is 0.537. The molecule has 0 saturated carbocycles. The number of hydrogen-bond acceptors (Lipinski definition) is 5. The van der Waals surface area contributed by atoms with Crippen molar-refractivity contribution < 1.29 is 19.1 Å². The number of fused-ring (bicyclic) bond motifs is 1. The molecule has 1 aliphatic heterocycles. The largest absolute Gasteiger partial charge is 0.481 e. The number of amides is 1. The highest BCUT2D eigenvalue weighted by Crippen LogP contribution is 2.33. The van der Waals surface area contributed by atoms with Gasteiger partial charge in [0.1, 0.15) is 5.75 Å². The van der Waals surface area contributed by atoms with E-state index in [1.54, 1.807) is 11.9 Å². The number of benzene rings is 1. The first-order valence-corrected chi connectivity index (χ1v) is 5.96. The molecule has 102 valence electrons. The molecule has 0 saturated heterocycles. The van der Waals surface area contributed by atoms with Gasteiger partial charge in [-0.05, 0) is 12.1 Å². The topological polar surface area (TPSA) is 67.9 Å². The average molecular weight is 264 g/mol. The predicted molar refractivity (Wildman–Crippen MR) is 70.5 cm³/mol. The second kappa shape index (κ2) is 5.60. The maximum Gasteiger partial charge on any atom is 0.307 e. The number of carbonyl (C=O) groups is 2. The van der Waals surface area contributed by atoms with Gasteiger partial charge < -0.3 is 19.7 Å². The van der Waals surface area contributed by atoms with Gasteiger partial charge in [0.05, 0.1) is 19.2 Å². The van der Waals surface area contributed by atoms with E-state index in [-0.39, 0.29) is 18.5 Å². The molecular formula is C13H16N2O4. The first-order chi connectivity index (χ1) is 9.11. The Labute approximate surface area is 111 Å². The molecule has 0 aliphatic carbocycles. The van der Waals surface area contributed by atoms with Gasteiger partial charge in [-0.15, -0.1) is 0 Å². The molecule has 1 aromatic rings. The van der Waals surface area contributed by atoms with Crippen LogP contribution in [0.15, 0.2) is 18.2 Å². The van der Waals surface area contributed by atoms with E-state index < -0.39 is 0 Å². The van der Waals surface area contributed by atoms with Gasteiger partial charge >= 0.3 is 5.97 Å². The summed E-state index contributed by atoms with van der Waals surface area (Å²) in [6, 6.07) is 5.47. The van der Waals surface area contributed by atoms with Crippen LogP contribution < -0.4 is 15.0 Å². The van der Waals surface area contributed by atoms with Crippen LogP contribution in [0.2, 0.25) is 0 Å². The molecule has 1 N–H and O–H groups in total. The fourth-order valence-electron chi connectivity index (χ4n) is 1.80. The fraction of sp³-hybridized carbons (Fsp3) is 0.385. The van der Waals surface area contributed by atoms with E-state index in [1.807, 2.05) is 18.2 Å². The quantitative estimate of drug-likeness (QED) is 0.822. The Morgan fingerprint density at radius 2 is 2.32 bits per heavy atom. The minimum atomic E-state index is -0.257. The summed E-state index contributed by atoms with van der Waals surface area (Å²) in [4.78, 5) is 24.0. The molecule has 0 fully saturated rings. The van der Waals surface area contributed by atoms with Crippen molar-refractivity contribution in [1.82, 2.24) is 0 Å². The molecule has 1 heterocycles. The van der Waals surface area contributed by atoms with Crippen LogP contribution in [0.25, 0.3) is 0 Å². The SMILES string of the molecule is COC(=O)CCNc1ccc2c(c1)OCC(=O)N2C. The van der Waals surface area contributed by atoms with Crippen molar-refractivity contribution in [2.75, 3.05) is 37.5 Å². The van der Waals surface area contributed by atoms with Gasteiger partial charge in [-0.1, -0.05) is 0 Å². The summed E-state index contributed by atoms with van der Waals surface area (Å²) < 4.78 is 9.93. The van der Waals surface area contributed by atoms with Crippen LogP contribution in [-0.2, 0) is 14.3 Å². The second-order valence-corrected chi connectivity index (χ2v) is 4.18. The summed E-state index contributed by atoms with van der Waals surface area (Å²) in [5.41, 5.74) is 1.58. The smallest absolute Gasteiger partial charge is 0.307 e. The summed E-state index contributed by atoms with van der Waals surface area (Å²) >= 11 is 0. The minimum absolute atomic E-state index is 0.0507. The van der Waals surface area contributed by atoms with Crippen molar-refractivity contribution in [2.45, 2.75) is 6.42 Å². The van der Waals surface area contributed by atoms with Crippen molar-refractivity contribution in [3.05, 3.63) is 18.2 Å². The van der Waals surface area contributed by atoms with E-state index in [0.29, 0.717) is 18.7 Å². The molecular weight excluding hydrogens is 248 g/mol. The normalized spacial score (nSPS) is 13.6. The minimum Gasteiger partial charge on any atom is -0.481 e. The van der Waals surface area contributed by atoms with Crippen LogP contribution in [0.4, 0.5) is 11.4 Å². The van der Waals surface area contributed by atoms with Gasteiger partial charge in [0.25, 0.3) is 5.91 Å². The van der Waals surface area contributed by atoms with Gasteiger partial charge in [0.15, 0.2) is 6.61 Å². The standard InChI is InChI=1S/C13H16N2O4/c1-15-10-4-3-9(14-6-5-13(17)18-2)7-11(10)19-8-12(15)16/h3-4,7,14H,5-6,8H2,1-2H3. The Bertz CT molecular complexity index is 501. The molecule has 6 nitrogen and oxygen atoms in total. The highest BCUT2D eigenvalue weighted by molar-refractivity contribution is 5.97. The van der Waals surface area contributed by atoms with Crippen LogP contribution in [0.3, 0.4) is 0 Å². The van der Waals surface area contributed by atoms with E-state index >= 15 is 0 Å². The monoisotopic (exact) mass is 264 g/mol. The Morgan fingerprint density at radius 1 is 1.53 bits per heavy atom. The van der Waals surface area contributed by atoms with Crippen LogP contribution in [-0.4, -0.2) is 39.2 Å². The molecule has 0 radical (unpaired) electrons. The zero-order valence-electron chi connectivity index (χ0n) is 10.9. The van der Waals surface area contributed by atoms with Crippen molar-refractivity contribution >= 4 is 23.3 Å². The van der Waals surface area contributed by atoms with Gasteiger partial charge in [-0.2, -0.15) is 0 Å². The van der Waals surface area contributed by atoms with Crippen molar-refractivity contribution in [3.8, 4) is 5.75 Å². The van der Waals surface area contributed by atoms with Crippen molar-refractivity contribution in [1.29, 1.82) is 0 Å². The molecule has 0 bridgehead atoms. The van der Waals surface area contributed by atoms with Crippen LogP contribution in [0.5, 0.6) is 5.75 Å². The number of likely N-dealkylation sites (N-methyl/N-ethyl adjacent to an activating group) is 1. The van der Waals surface area contributed by atoms with Crippen LogP contribution in [0.1, 0.15) is 6.42 Å². The van der Waals surface area contributed by atoms with E-state index in [4.69, 9.17) is 4.74 Å². The molecule has 0 spiro atoms. The summed E-state index contributed by atoms with van der Waals surface area (Å²) in [5.74, 6) is 0.330. The zero-order valence-corrected chi connectivity index (χ0v) is 10.9. The third kappa shape index (κ3) is 2.96. The van der Waals surface area contributed by atoms with Crippen molar-refractivity contribution in [2.24, 2.45) is 0 Å². The van der Waals surface area contributed by atoms with E-state index in [2.05, 4.69) is 10.1 Å². The zero-order chi connectivity index (χ0) is 13.8. The Hall–Kier alpha value is -2.24. The number of nitrogens with zero attached hydrogens (tertiary/aromatic N) is 1. The molecule has 6 heteroatoms. The Morgan fingerprint density at radius 3 is 3.05 bits per heavy atom. The third-order valence-electron chi connectivity index (χ3n) is 2.93. The Kier molecular flexibility index (Phi) is 3.89. The van der Waals surface area contributed by atoms with Crippen molar-refractivity contribution in [3.63, 3.8) is 0 Å². The van der Waals surface area contributed by atoms with E-state index in [1.165, 1.54) is 7.11 Å². The third-order valence-corrected chi connectivity index (χ3v) is 2.93. The molecule has 1 amide bonds. The number of hydrogen-bond donors (Lipinski definition) is 1. The summed E-state index contributed by atoms with van der Waals surface area (Å²) in [6.07, 6.45) is 0.298. The van der Waals surface area contributed by atoms with E-state index in [9.17, 15) is 9.59 Å². The lowest BCUT2D eigenvalue weighted by atomic mass is 10.2. The first-order valence-electron chi connectivity index (χ1n) is 5.96. The number of rotatable bonds is 4. The van der Waals surface area contributed by atoms with Gasteiger partial charge in [-0.25, -0.2) is 0 Å². The molecule has 19 heavy (non-hydrogen) atoms. The molecule has 2 rings (SSSR count).